The van der Waals surface area contributed by atoms with Crippen molar-refractivity contribution < 1.29 is 47.6 Å². The van der Waals surface area contributed by atoms with Gasteiger partial charge in [-0.25, -0.2) is 24.2 Å². The van der Waals surface area contributed by atoms with Gasteiger partial charge in [0.15, 0.2) is 0 Å². The number of rotatable bonds is 21. The summed E-state index contributed by atoms with van der Waals surface area (Å²) >= 11 is 1.45. The van der Waals surface area contributed by atoms with Crippen LogP contribution in [-0.2, 0) is 30.2 Å². The average molecular weight is 834 g/mol. The molecule has 1 aromatic heterocycles. The molecule has 1 atom stereocenters. The molecule has 0 spiro atoms. The largest absolute Gasteiger partial charge is 0.494 e. The van der Waals surface area contributed by atoms with E-state index in [1.807, 2.05) is 51.1 Å². The van der Waals surface area contributed by atoms with Gasteiger partial charge in [-0.05, 0) is 118 Å². The van der Waals surface area contributed by atoms with E-state index in [0.29, 0.717) is 65.6 Å². The minimum Gasteiger partial charge on any atom is -0.494 e. The van der Waals surface area contributed by atoms with Crippen LogP contribution in [0, 0.1) is 0 Å². The van der Waals surface area contributed by atoms with Crippen LogP contribution in [0.25, 0.3) is 10.2 Å². The van der Waals surface area contributed by atoms with E-state index in [-0.39, 0.29) is 24.6 Å². The zero-order valence-electron chi connectivity index (χ0n) is 33.7. The predicted molar refractivity (Wildman–Crippen MR) is 230 cm³/mol. The molecule has 0 aliphatic rings. The molecule has 14 heteroatoms. The second-order valence-corrected chi connectivity index (χ2v) is 15.2. The first kappa shape index (κ1) is 44.3. The molecule has 60 heavy (non-hydrogen) atoms. The van der Waals surface area contributed by atoms with Gasteiger partial charge in [-0.15, -0.1) is 0 Å². The summed E-state index contributed by atoms with van der Waals surface area (Å²) in [5, 5.41) is 4.98. The van der Waals surface area contributed by atoms with E-state index in [1.165, 1.54) is 11.3 Å². The van der Waals surface area contributed by atoms with Crippen LogP contribution in [0.15, 0.2) is 121 Å². The number of nitrogens with zero attached hydrogens (tertiary/aromatic N) is 2. The molecule has 312 valence electrons. The molecule has 5 rings (SSSR count). The van der Waals surface area contributed by atoms with Gasteiger partial charge in [-0.3, -0.25) is 5.43 Å². The number of para-hydroxylation sites is 1. The molecule has 0 aliphatic heterocycles. The van der Waals surface area contributed by atoms with E-state index in [1.54, 1.807) is 66.9 Å². The Labute approximate surface area is 352 Å². The zero-order chi connectivity index (χ0) is 42.9. The summed E-state index contributed by atoms with van der Waals surface area (Å²) in [6, 6.07) is 26.4. The number of ether oxygens (including phenoxy) is 6. The number of fused-ring (bicyclic) bond motifs is 1. The summed E-state index contributed by atoms with van der Waals surface area (Å²) in [6.45, 7) is 13.0. The van der Waals surface area contributed by atoms with Gasteiger partial charge in [-0.2, -0.15) is 5.10 Å². The fourth-order valence-electron chi connectivity index (χ4n) is 5.51. The molecule has 0 aliphatic carbocycles. The molecule has 0 saturated heterocycles. The van der Waals surface area contributed by atoms with Gasteiger partial charge in [0.25, 0.3) is 0 Å². The minimum atomic E-state index is -0.629. The Kier molecular flexibility index (Phi) is 16.1. The molecule has 1 unspecified atom stereocenters. The molecule has 4 aromatic carbocycles. The highest BCUT2D eigenvalue weighted by Gasteiger charge is 2.17. The number of anilines is 1. The van der Waals surface area contributed by atoms with Crippen molar-refractivity contribution in [3.63, 3.8) is 0 Å². The smallest absolute Gasteiger partial charge is 0.343 e. The van der Waals surface area contributed by atoms with Crippen LogP contribution < -0.4 is 19.6 Å². The summed E-state index contributed by atoms with van der Waals surface area (Å²) in [5.74, 6) is -0.784. The summed E-state index contributed by atoms with van der Waals surface area (Å²) in [5.41, 5.74) is 5.49. The topological polar surface area (TPSA) is 161 Å². The van der Waals surface area contributed by atoms with Crippen LogP contribution in [-0.4, -0.2) is 66.6 Å². The first-order valence-corrected chi connectivity index (χ1v) is 20.0. The first-order chi connectivity index (χ1) is 28.9. The third-order valence-electron chi connectivity index (χ3n) is 8.38. The lowest BCUT2D eigenvalue weighted by Crippen LogP contribution is -2.24. The van der Waals surface area contributed by atoms with Crippen LogP contribution in [0.1, 0.15) is 71.9 Å². The fraction of sp³-hybridized carbons (Fsp3) is 0.261. The number of hydrazone groups is 1. The van der Waals surface area contributed by atoms with E-state index < -0.39 is 30.0 Å². The standard InChI is InChI=1S/C46H47N3O10S/c1-6-41(50)56-30-37(57-42(51)7-2)12-10-11-26-54-35-20-16-33(17-21-35)44(53)58-39-24-15-31(25-27-55-43(52)32-18-22-36(23-19-32)59-46(3,4)5)28-34(39)29-47-49-45-48-38-13-8-9-14-40(38)60-45/h6-9,13-24,28-29,37H,1-2,10-12,25-27,30H2,3-5H3,(H,48,49)/b47-29+. The number of hydrogen-bond acceptors (Lipinski definition) is 14. The van der Waals surface area contributed by atoms with Gasteiger partial charge < -0.3 is 28.4 Å². The third kappa shape index (κ3) is 14.2. The Balaban J connectivity index is 1.18. The second-order valence-electron chi connectivity index (χ2n) is 14.2. The molecule has 0 fully saturated rings. The van der Waals surface area contributed by atoms with Gasteiger partial charge >= 0.3 is 23.9 Å². The lowest BCUT2D eigenvalue weighted by molar-refractivity contribution is -0.153. The summed E-state index contributed by atoms with van der Waals surface area (Å²) in [4.78, 5) is 53.7. The number of carbonyl (C=O) groups is 4. The fourth-order valence-corrected chi connectivity index (χ4v) is 6.33. The van der Waals surface area contributed by atoms with E-state index >= 15 is 0 Å². The minimum absolute atomic E-state index is 0.0926. The predicted octanol–water partition coefficient (Wildman–Crippen LogP) is 8.91. The van der Waals surface area contributed by atoms with E-state index in [0.717, 1.165) is 27.9 Å². The molecule has 0 saturated carbocycles. The molecule has 13 nitrogen and oxygen atoms in total. The van der Waals surface area contributed by atoms with Crippen molar-refractivity contribution in [3.05, 3.63) is 139 Å². The van der Waals surface area contributed by atoms with Crippen molar-refractivity contribution >= 4 is 56.8 Å². The van der Waals surface area contributed by atoms with Crippen LogP contribution in [0.2, 0.25) is 0 Å². The van der Waals surface area contributed by atoms with Crippen LogP contribution in [0.5, 0.6) is 17.2 Å². The lowest BCUT2D eigenvalue weighted by Gasteiger charge is -2.21. The van der Waals surface area contributed by atoms with Crippen molar-refractivity contribution in [1.82, 2.24) is 4.98 Å². The SMILES string of the molecule is C=CC(=O)OCC(CCCCOc1ccc(C(=O)Oc2ccc(CCOC(=O)c3ccc(OC(C)(C)C)cc3)cc2/C=N/Nc2nc3ccccc3s2)cc1)OC(=O)C=C. The highest BCUT2D eigenvalue weighted by atomic mass is 32.1. The number of carbonyl (C=O) groups excluding carboxylic acids is 4. The quantitative estimate of drug-likeness (QED) is 0.0142. The van der Waals surface area contributed by atoms with Crippen LogP contribution in [0.4, 0.5) is 5.13 Å². The van der Waals surface area contributed by atoms with Gasteiger partial charge in [0, 0.05) is 24.1 Å². The maximum atomic E-state index is 13.3. The van der Waals surface area contributed by atoms with Crippen molar-refractivity contribution in [3.8, 4) is 17.2 Å². The Morgan fingerprint density at radius 3 is 2.22 bits per heavy atom. The lowest BCUT2D eigenvalue weighted by atomic mass is 10.1. The number of thiazole rings is 1. The number of nitrogens with one attached hydrogen (secondary N) is 1. The average Bonchev–Trinajstić information content (AvgIpc) is 3.66. The number of unbranched alkanes of at least 4 members (excludes halogenated alkanes) is 1. The second kappa shape index (κ2) is 21.8. The highest BCUT2D eigenvalue weighted by molar-refractivity contribution is 7.22. The molecule has 0 amide bonds. The Morgan fingerprint density at radius 2 is 1.52 bits per heavy atom. The number of benzene rings is 4. The Morgan fingerprint density at radius 1 is 0.817 bits per heavy atom. The summed E-state index contributed by atoms with van der Waals surface area (Å²) in [7, 11) is 0. The van der Waals surface area contributed by atoms with Crippen molar-refractivity contribution in [2.45, 2.75) is 58.2 Å². The van der Waals surface area contributed by atoms with Gasteiger partial charge in [0.1, 0.15) is 35.6 Å². The van der Waals surface area contributed by atoms with Crippen molar-refractivity contribution in [2.24, 2.45) is 5.10 Å². The first-order valence-electron chi connectivity index (χ1n) is 19.2. The van der Waals surface area contributed by atoms with Crippen molar-refractivity contribution in [2.75, 3.05) is 25.2 Å². The van der Waals surface area contributed by atoms with Gasteiger partial charge in [0.2, 0.25) is 5.13 Å². The Hall–Kier alpha value is -6.80. The normalized spacial score (nSPS) is 11.7. The Bertz CT molecular complexity index is 2260. The van der Waals surface area contributed by atoms with Gasteiger partial charge in [0.05, 0.1) is 40.8 Å². The monoisotopic (exact) mass is 833 g/mol. The number of aromatic nitrogens is 1. The molecular formula is C46H47N3O10S. The maximum absolute atomic E-state index is 13.3. The van der Waals surface area contributed by atoms with Crippen LogP contribution in [0.3, 0.4) is 0 Å². The highest BCUT2D eigenvalue weighted by Crippen LogP contribution is 2.26. The third-order valence-corrected chi connectivity index (χ3v) is 9.32. The molecule has 5 aromatic rings. The zero-order valence-corrected chi connectivity index (χ0v) is 34.5. The van der Waals surface area contributed by atoms with E-state index in [2.05, 4.69) is 28.7 Å². The molecular weight excluding hydrogens is 787 g/mol. The maximum Gasteiger partial charge on any atom is 0.343 e. The van der Waals surface area contributed by atoms with E-state index in [9.17, 15) is 19.2 Å². The number of hydrogen-bond donors (Lipinski definition) is 1. The molecule has 1 heterocycles. The van der Waals surface area contributed by atoms with Gasteiger partial charge in [-0.1, -0.05) is 42.7 Å². The molecule has 0 bridgehead atoms. The summed E-state index contributed by atoms with van der Waals surface area (Å²) < 4.78 is 34.4. The molecule has 1 N–H and O–H groups in total. The van der Waals surface area contributed by atoms with Crippen molar-refractivity contribution in [1.29, 1.82) is 0 Å². The summed E-state index contributed by atoms with van der Waals surface area (Å²) in [6.07, 6.45) is 5.09. The van der Waals surface area contributed by atoms with E-state index in [4.69, 9.17) is 28.4 Å². The number of esters is 4. The molecule has 0 radical (unpaired) electrons. The van der Waals surface area contributed by atoms with Crippen LogP contribution >= 0.6 is 11.3 Å².